The number of carbonyl (C=O) groups is 1. The number of hydrogen-bond donors (Lipinski definition) is 2. The number of nitrogens with one attached hydrogen (secondary N) is 1. The summed E-state index contributed by atoms with van der Waals surface area (Å²) in [5.41, 5.74) is 8.30. The van der Waals surface area contributed by atoms with Crippen LogP contribution in [0.1, 0.15) is 22.9 Å². The molecule has 3 aromatic rings. The first-order valence-electron chi connectivity index (χ1n) is 7.90. The molecular formula is C18H17Cl2N5O. The summed E-state index contributed by atoms with van der Waals surface area (Å²) in [6.07, 6.45) is 3.19. The summed E-state index contributed by atoms with van der Waals surface area (Å²) in [5, 5.41) is 8.05. The summed E-state index contributed by atoms with van der Waals surface area (Å²) in [5.74, 6) is 0.297. The van der Waals surface area contributed by atoms with Crippen molar-refractivity contribution in [2.24, 2.45) is 5.73 Å². The number of halogens is 2. The van der Waals surface area contributed by atoms with E-state index < -0.39 is 6.04 Å². The highest BCUT2D eigenvalue weighted by Crippen LogP contribution is 2.18. The van der Waals surface area contributed by atoms with Crippen molar-refractivity contribution in [3.05, 3.63) is 75.7 Å². The van der Waals surface area contributed by atoms with E-state index in [1.165, 1.54) is 6.20 Å². The Morgan fingerprint density at radius 3 is 2.77 bits per heavy atom. The van der Waals surface area contributed by atoms with Crippen molar-refractivity contribution in [1.29, 1.82) is 0 Å². The zero-order chi connectivity index (χ0) is 18.7. The Balaban J connectivity index is 1.76. The van der Waals surface area contributed by atoms with Crippen LogP contribution in [0.4, 0.5) is 0 Å². The van der Waals surface area contributed by atoms with E-state index in [1.54, 1.807) is 35.1 Å². The summed E-state index contributed by atoms with van der Waals surface area (Å²) in [6, 6.07) is 9.88. The minimum absolute atomic E-state index is 0.257. The molecule has 0 spiro atoms. The Morgan fingerprint density at radius 1 is 1.27 bits per heavy atom. The zero-order valence-electron chi connectivity index (χ0n) is 14.0. The summed E-state index contributed by atoms with van der Waals surface area (Å²) >= 11 is 11.9. The molecule has 0 saturated carbocycles. The molecule has 1 unspecified atom stereocenters. The third-order valence-electron chi connectivity index (χ3n) is 3.81. The van der Waals surface area contributed by atoms with Gasteiger partial charge >= 0.3 is 0 Å². The molecule has 0 aliphatic carbocycles. The lowest BCUT2D eigenvalue weighted by atomic mass is 10.1. The smallest absolute Gasteiger partial charge is 0.241 e. The Morgan fingerprint density at radius 2 is 2.08 bits per heavy atom. The monoisotopic (exact) mass is 389 g/mol. The van der Waals surface area contributed by atoms with E-state index in [2.05, 4.69) is 15.4 Å². The second kappa shape index (κ2) is 7.86. The van der Waals surface area contributed by atoms with E-state index in [-0.39, 0.29) is 12.5 Å². The molecule has 0 saturated heterocycles. The number of amides is 1. The van der Waals surface area contributed by atoms with Crippen LogP contribution in [0.2, 0.25) is 10.0 Å². The molecule has 0 bridgehead atoms. The van der Waals surface area contributed by atoms with Gasteiger partial charge in [0.1, 0.15) is 6.04 Å². The number of nitrogens with two attached hydrogens (primary N) is 1. The van der Waals surface area contributed by atoms with Gasteiger partial charge in [-0.05, 0) is 30.7 Å². The minimum Gasteiger partial charge on any atom is -0.350 e. The Kier molecular flexibility index (Phi) is 5.56. The Labute approximate surface area is 160 Å². The standard InChI is InChI=1S/C18H17Cl2N5O/c1-11-5-6-13(17(24-11)25-10-15(20)9-23-25)8-22-18(26)16(21)12-3-2-4-14(19)7-12/h2-7,9-10,16H,8,21H2,1H3,(H,22,26). The number of carbonyl (C=O) groups excluding carboxylic acids is 1. The van der Waals surface area contributed by atoms with Gasteiger partial charge in [0.05, 0.1) is 17.4 Å². The fraction of sp³-hybridized carbons (Fsp3) is 0.167. The highest BCUT2D eigenvalue weighted by Gasteiger charge is 2.17. The first-order chi connectivity index (χ1) is 12.4. The number of rotatable bonds is 5. The van der Waals surface area contributed by atoms with Gasteiger partial charge in [-0.2, -0.15) is 5.10 Å². The predicted molar refractivity (Wildman–Crippen MR) is 101 cm³/mol. The number of nitrogens with zero attached hydrogens (tertiary/aromatic N) is 3. The van der Waals surface area contributed by atoms with Crippen LogP contribution in [0.25, 0.3) is 5.82 Å². The maximum Gasteiger partial charge on any atom is 0.241 e. The lowest BCUT2D eigenvalue weighted by Gasteiger charge is -2.14. The molecule has 1 atom stereocenters. The number of aryl methyl sites for hydroxylation is 1. The highest BCUT2D eigenvalue weighted by molar-refractivity contribution is 6.30. The molecule has 0 radical (unpaired) electrons. The lowest BCUT2D eigenvalue weighted by molar-refractivity contribution is -0.122. The number of pyridine rings is 1. The third-order valence-corrected chi connectivity index (χ3v) is 4.24. The molecule has 3 N–H and O–H groups in total. The molecule has 0 fully saturated rings. The van der Waals surface area contributed by atoms with Gasteiger partial charge in [-0.15, -0.1) is 0 Å². The Bertz CT molecular complexity index is 941. The second-order valence-electron chi connectivity index (χ2n) is 5.79. The molecular weight excluding hydrogens is 373 g/mol. The average molecular weight is 390 g/mol. The summed E-state index contributed by atoms with van der Waals surface area (Å²) in [7, 11) is 0. The molecule has 3 rings (SSSR count). The number of hydrogen-bond acceptors (Lipinski definition) is 4. The second-order valence-corrected chi connectivity index (χ2v) is 6.66. The Hall–Kier alpha value is -2.41. The molecule has 8 heteroatoms. The van der Waals surface area contributed by atoms with E-state index in [0.717, 1.165) is 11.3 Å². The van der Waals surface area contributed by atoms with Gasteiger partial charge in [-0.1, -0.05) is 41.4 Å². The van der Waals surface area contributed by atoms with E-state index in [0.29, 0.717) is 21.4 Å². The fourth-order valence-electron chi connectivity index (χ4n) is 2.47. The van der Waals surface area contributed by atoms with Crippen molar-refractivity contribution in [1.82, 2.24) is 20.1 Å². The van der Waals surface area contributed by atoms with Gasteiger partial charge in [-0.25, -0.2) is 9.67 Å². The van der Waals surface area contributed by atoms with Crippen molar-refractivity contribution in [3.8, 4) is 5.82 Å². The fourth-order valence-corrected chi connectivity index (χ4v) is 2.80. The molecule has 0 aliphatic heterocycles. The van der Waals surface area contributed by atoms with E-state index in [9.17, 15) is 4.79 Å². The van der Waals surface area contributed by atoms with E-state index >= 15 is 0 Å². The molecule has 6 nitrogen and oxygen atoms in total. The van der Waals surface area contributed by atoms with Gasteiger partial charge in [0.2, 0.25) is 5.91 Å². The van der Waals surface area contributed by atoms with Crippen molar-refractivity contribution >= 4 is 29.1 Å². The van der Waals surface area contributed by atoms with Gasteiger partial charge in [0.25, 0.3) is 0 Å². The van der Waals surface area contributed by atoms with Crippen molar-refractivity contribution in [2.75, 3.05) is 0 Å². The SMILES string of the molecule is Cc1ccc(CNC(=O)C(N)c2cccc(Cl)c2)c(-n2cc(Cl)cn2)n1. The number of benzene rings is 1. The third kappa shape index (κ3) is 4.22. The molecule has 134 valence electrons. The highest BCUT2D eigenvalue weighted by atomic mass is 35.5. The van der Waals surface area contributed by atoms with Crippen LogP contribution in [0.15, 0.2) is 48.8 Å². The van der Waals surface area contributed by atoms with Crippen LogP contribution in [-0.2, 0) is 11.3 Å². The van der Waals surface area contributed by atoms with Crippen molar-refractivity contribution in [2.45, 2.75) is 19.5 Å². The normalized spacial score (nSPS) is 12.0. The van der Waals surface area contributed by atoms with Gasteiger partial charge in [0, 0.05) is 22.8 Å². The quantitative estimate of drug-likeness (QED) is 0.701. The maximum absolute atomic E-state index is 12.4. The van der Waals surface area contributed by atoms with Gasteiger partial charge in [0.15, 0.2) is 5.82 Å². The first-order valence-corrected chi connectivity index (χ1v) is 8.65. The topological polar surface area (TPSA) is 85.8 Å². The van der Waals surface area contributed by atoms with E-state index in [1.807, 2.05) is 19.1 Å². The maximum atomic E-state index is 12.4. The predicted octanol–water partition coefficient (Wildman–Crippen LogP) is 3.20. The first kappa shape index (κ1) is 18.4. The largest absolute Gasteiger partial charge is 0.350 e. The van der Waals surface area contributed by atoms with Crippen LogP contribution >= 0.6 is 23.2 Å². The van der Waals surface area contributed by atoms with Crippen molar-refractivity contribution in [3.63, 3.8) is 0 Å². The van der Waals surface area contributed by atoms with Crippen LogP contribution in [-0.4, -0.2) is 20.7 Å². The van der Waals surface area contributed by atoms with Gasteiger partial charge < -0.3 is 11.1 Å². The van der Waals surface area contributed by atoms with Gasteiger partial charge in [-0.3, -0.25) is 4.79 Å². The van der Waals surface area contributed by atoms with Crippen LogP contribution < -0.4 is 11.1 Å². The minimum atomic E-state index is -0.810. The van der Waals surface area contributed by atoms with Crippen LogP contribution in [0.5, 0.6) is 0 Å². The van der Waals surface area contributed by atoms with Crippen molar-refractivity contribution < 1.29 is 4.79 Å². The molecule has 0 aliphatic rings. The zero-order valence-corrected chi connectivity index (χ0v) is 15.5. The molecule has 2 aromatic heterocycles. The molecule has 1 aromatic carbocycles. The van der Waals surface area contributed by atoms with Crippen LogP contribution in [0.3, 0.4) is 0 Å². The van der Waals surface area contributed by atoms with E-state index in [4.69, 9.17) is 28.9 Å². The summed E-state index contributed by atoms with van der Waals surface area (Å²) in [4.78, 5) is 16.9. The summed E-state index contributed by atoms with van der Waals surface area (Å²) in [6.45, 7) is 2.14. The molecule has 2 heterocycles. The molecule has 26 heavy (non-hydrogen) atoms. The van der Waals surface area contributed by atoms with Crippen LogP contribution in [0, 0.1) is 6.92 Å². The average Bonchev–Trinajstić information content (AvgIpc) is 3.06. The lowest BCUT2D eigenvalue weighted by Crippen LogP contribution is -2.34. The molecule has 1 amide bonds. The summed E-state index contributed by atoms with van der Waals surface area (Å²) < 4.78 is 1.58. The number of aromatic nitrogens is 3.